The molecule has 0 spiro atoms. The fraction of sp³-hybridized carbons (Fsp3) is 0.550. The zero-order chi connectivity index (χ0) is 18.4. The van der Waals surface area contributed by atoms with Gasteiger partial charge in [-0.25, -0.2) is 0 Å². The van der Waals surface area contributed by atoms with E-state index in [1.807, 2.05) is 29.2 Å². The number of methoxy groups -OCH3 is 1. The van der Waals surface area contributed by atoms with E-state index in [0.29, 0.717) is 6.61 Å². The summed E-state index contributed by atoms with van der Waals surface area (Å²) in [7, 11) is 1.72. The molecule has 1 aromatic heterocycles. The molecule has 0 N–H and O–H groups in total. The zero-order valence-electron chi connectivity index (χ0n) is 15.6. The lowest BCUT2D eigenvalue weighted by Crippen LogP contribution is -2.44. The Balaban J connectivity index is 1.78. The fourth-order valence-electron chi connectivity index (χ4n) is 3.46. The highest BCUT2D eigenvalue weighted by atomic mass is 32.1. The summed E-state index contributed by atoms with van der Waals surface area (Å²) in [6.45, 7) is 3.66. The molecule has 6 heteroatoms. The number of ether oxygens (including phenoxy) is 1. The van der Waals surface area contributed by atoms with Crippen molar-refractivity contribution >= 4 is 17.2 Å². The first-order valence-electron chi connectivity index (χ1n) is 9.45. The lowest BCUT2D eigenvalue weighted by molar-refractivity contribution is 0.0553. The number of rotatable bonds is 7. The van der Waals surface area contributed by atoms with Gasteiger partial charge in [0, 0.05) is 43.9 Å². The number of aryl methyl sites for hydroxylation is 1. The largest absolute Gasteiger partial charge is 0.385 e. The van der Waals surface area contributed by atoms with E-state index in [1.54, 1.807) is 18.4 Å². The second kappa shape index (κ2) is 9.24. The van der Waals surface area contributed by atoms with Crippen LogP contribution in [-0.4, -0.2) is 47.3 Å². The van der Waals surface area contributed by atoms with Crippen LogP contribution in [0.4, 0.5) is 0 Å². The first-order valence-corrected chi connectivity index (χ1v) is 10.3. The third kappa shape index (κ3) is 4.48. The van der Waals surface area contributed by atoms with Crippen LogP contribution in [0.2, 0.25) is 0 Å². The highest BCUT2D eigenvalue weighted by Crippen LogP contribution is 2.27. The first-order chi connectivity index (χ1) is 12.7. The molecule has 2 aromatic rings. The minimum absolute atomic E-state index is 0.117. The number of piperidine rings is 1. The Labute approximate surface area is 159 Å². The van der Waals surface area contributed by atoms with Crippen molar-refractivity contribution in [2.24, 2.45) is 0 Å². The number of aromatic nitrogens is 2. The summed E-state index contributed by atoms with van der Waals surface area (Å²) in [4.78, 5) is 15.1. The molecule has 0 aliphatic carbocycles. The molecule has 140 valence electrons. The van der Waals surface area contributed by atoms with Crippen molar-refractivity contribution < 1.29 is 9.53 Å². The highest BCUT2D eigenvalue weighted by Gasteiger charge is 2.27. The van der Waals surface area contributed by atoms with E-state index in [2.05, 4.69) is 17.1 Å². The predicted octanol–water partition coefficient (Wildman–Crippen LogP) is 4.19. The minimum atomic E-state index is 0.117. The third-order valence-electron chi connectivity index (χ3n) is 4.83. The van der Waals surface area contributed by atoms with Gasteiger partial charge >= 0.3 is 0 Å². The number of hydrogen-bond acceptors (Lipinski definition) is 5. The van der Waals surface area contributed by atoms with Gasteiger partial charge in [0.1, 0.15) is 10.0 Å². The van der Waals surface area contributed by atoms with Gasteiger partial charge in [0.2, 0.25) is 0 Å². The molecule has 26 heavy (non-hydrogen) atoms. The average Bonchev–Trinajstić information content (AvgIpc) is 3.15. The maximum absolute atomic E-state index is 13.1. The molecule has 0 saturated carbocycles. The number of carbonyl (C=O) groups excluding carboxylic acids is 1. The molecule has 1 saturated heterocycles. The number of likely N-dealkylation sites (tertiary alicyclic amines) is 1. The van der Waals surface area contributed by atoms with Crippen molar-refractivity contribution in [1.82, 2.24) is 15.1 Å². The fourth-order valence-corrected chi connectivity index (χ4v) is 4.40. The smallest absolute Gasteiger partial charge is 0.254 e. The van der Waals surface area contributed by atoms with Gasteiger partial charge in [-0.05, 0) is 44.2 Å². The van der Waals surface area contributed by atoms with Gasteiger partial charge in [-0.3, -0.25) is 4.79 Å². The van der Waals surface area contributed by atoms with E-state index < -0.39 is 0 Å². The molecular formula is C20H27N3O2S. The first kappa shape index (κ1) is 19.0. The van der Waals surface area contributed by atoms with E-state index in [1.165, 1.54) is 6.42 Å². The summed E-state index contributed by atoms with van der Waals surface area (Å²) in [6, 6.07) is 8.09. The van der Waals surface area contributed by atoms with Crippen LogP contribution < -0.4 is 0 Å². The van der Waals surface area contributed by atoms with E-state index in [4.69, 9.17) is 4.74 Å². The third-order valence-corrected chi connectivity index (χ3v) is 5.86. The normalized spacial score (nSPS) is 17.5. The zero-order valence-corrected chi connectivity index (χ0v) is 16.4. The lowest BCUT2D eigenvalue weighted by atomic mass is 9.98. The molecule has 3 rings (SSSR count). The molecule has 1 amide bonds. The Kier molecular flexibility index (Phi) is 6.74. The molecule has 0 unspecified atom stereocenters. The summed E-state index contributed by atoms with van der Waals surface area (Å²) in [5, 5.41) is 10.5. The molecule has 1 aromatic carbocycles. The lowest BCUT2D eigenvalue weighted by Gasteiger charge is -2.36. The Bertz CT molecular complexity index is 731. The Morgan fingerprint density at radius 2 is 2.23 bits per heavy atom. The molecule has 5 nitrogen and oxygen atoms in total. The predicted molar refractivity (Wildman–Crippen MR) is 105 cm³/mol. The molecule has 2 heterocycles. The van der Waals surface area contributed by atoms with Gasteiger partial charge in [-0.2, -0.15) is 0 Å². The number of benzene rings is 1. The standard InChI is InChI=1S/C20H27N3O2S/c1-3-7-18-21-22-19(26-18)15-8-6-9-16(14-15)20(24)23-12-5-4-10-17(23)11-13-25-2/h6,8-9,14,17H,3-5,7,10-13H2,1-2H3/t17-/m1/s1. The summed E-state index contributed by atoms with van der Waals surface area (Å²) >= 11 is 1.61. The van der Waals surface area contributed by atoms with Crippen LogP contribution in [0.3, 0.4) is 0 Å². The number of nitrogens with zero attached hydrogens (tertiary/aromatic N) is 3. The van der Waals surface area contributed by atoms with Crippen molar-refractivity contribution in [2.75, 3.05) is 20.3 Å². The van der Waals surface area contributed by atoms with Crippen molar-refractivity contribution in [3.05, 3.63) is 34.8 Å². The molecule has 0 bridgehead atoms. The SMILES string of the molecule is CCCc1nnc(-c2cccc(C(=O)N3CCCC[C@@H]3CCOC)c2)s1. The van der Waals surface area contributed by atoms with Crippen LogP contribution in [0, 0.1) is 0 Å². The van der Waals surface area contributed by atoms with Gasteiger partial charge in [-0.15, -0.1) is 10.2 Å². The van der Waals surface area contributed by atoms with Gasteiger partial charge < -0.3 is 9.64 Å². The van der Waals surface area contributed by atoms with Crippen LogP contribution in [0.15, 0.2) is 24.3 Å². The Morgan fingerprint density at radius 1 is 1.35 bits per heavy atom. The molecule has 1 atom stereocenters. The maximum Gasteiger partial charge on any atom is 0.254 e. The van der Waals surface area contributed by atoms with E-state index in [0.717, 1.165) is 59.8 Å². The molecule has 1 fully saturated rings. The maximum atomic E-state index is 13.1. The highest BCUT2D eigenvalue weighted by molar-refractivity contribution is 7.14. The van der Waals surface area contributed by atoms with Crippen molar-refractivity contribution in [3.63, 3.8) is 0 Å². The average molecular weight is 374 g/mol. The quantitative estimate of drug-likeness (QED) is 0.730. The van der Waals surface area contributed by atoms with Crippen molar-refractivity contribution in [2.45, 2.75) is 51.5 Å². The summed E-state index contributed by atoms with van der Waals surface area (Å²) in [5.74, 6) is 0.117. The van der Waals surface area contributed by atoms with E-state index in [-0.39, 0.29) is 11.9 Å². The van der Waals surface area contributed by atoms with Crippen LogP contribution >= 0.6 is 11.3 Å². The molecule has 1 aliphatic rings. The molecule has 1 aliphatic heterocycles. The number of carbonyl (C=O) groups is 1. The van der Waals surface area contributed by atoms with Crippen molar-refractivity contribution in [1.29, 1.82) is 0 Å². The van der Waals surface area contributed by atoms with Crippen molar-refractivity contribution in [3.8, 4) is 10.6 Å². The van der Waals surface area contributed by atoms with Crippen LogP contribution in [0.25, 0.3) is 10.6 Å². The van der Waals surface area contributed by atoms with Crippen LogP contribution in [0.5, 0.6) is 0 Å². The molecule has 0 radical (unpaired) electrons. The van der Waals surface area contributed by atoms with Gasteiger partial charge in [0.25, 0.3) is 5.91 Å². The number of amides is 1. The second-order valence-electron chi connectivity index (χ2n) is 6.76. The van der Waals surface area contributed by atoms with Gasteiger partial charge in [0.05, 0.1) is 0 Å². The Morgan fingerprint density at radius 3 is 3.04 bits per heavy atom. The van der Waals surface area contributed by atoms with Crippen LogP contribution in [0.1, 0.15) is 54.4 Å². The van der Waals surface area contributed by atoms with Crippen LogP contribution in [-0.2, 0) is 11.2 Å². The second-order valence-corrected chi connectivity index (χ2v) is 7.82. The summed E-state index contributed by atoms with van der Waals surface area (Å²) in [5.41, 5.74) is 1.71. The number of hydrogen-bond donors (Lipinski definition) is 0. The molecular weight excluding hydrogens is 346 g/mol. The van der Waals surface area contributed by atoms with E-state index in [9.17, 15) is 4.79 Å². The topological polar surface area (TPSA) is 55.3 Å². The summed E-state index contributed by atoms with van der Waals surface area (Å²) in [6.07, 6.45) is 6.23. The summed E-state index contributed by atoms with van der Waals surface area (Å²) < 4.78 is 5.23. The van der Waals surface area contributed by atoms with E-state index >= 15 is 0 Å². The monoisotopic (exact) mass is 373 g/mol. The minimum Gasteiger partial charge on any atom is -0.385 e. The van der Waals surface area contributed by atoms with Gasteiger partial charge in [-0.1, -0.05) is 30.4 Å². The van der Waals surface area contributed by atoms with Gasteiger partial charge in [0.15, 0.2) is 0 Å². The Hall–Kier alpha value is -1.79.